The van der Waals surface area contributed by atoms with E-state index in [9.17, 15) is 14.4 Å². The highest BCUT2D eigenvalue weighted by molar-refractivity contribution is 5.79. The Hall–Kier alpha value is -2.09. The van der Waals surface area contributed by atoms with Crippen LogP contribution in [0.25, 0.3) is 0 Å². The first-order valence-electron chi connectivity index (χ1n) is 11.5. The second-order valence-corrected chi connectivity index (χ2v) is 8.67. The minimum absolute atomic E-state index is 0.0972. The second kappa shape index (κ2) is 10.3. The first kappa shape index (κ1) is 22.6. The number of nitrogens with zero attached hydrogens (tertiary/aromatic N) is 4. The molecule has 1 atom stereocenters. The van der Waals surface area contributed by atoms with Crippen LogP contribution in [0.3, 0.4) is 0 Å². The van der Waals surface area contributed by atoms with Gasteiger partial charge in [-0.3, -0.25) is 18.7 Å². The van der Waals surface area contributed by atoms with Gasteiger partial charge >= 0.3 is 5.69 Å². The zero-order chi connectivity index (χ0) is 21.7. The molecule has 1 N–H and O–H groups in total. The highest BCUT2D eigenvalue weighted by Gasteiger charge is 2.28. The van der Waals surface area contributed by atoms with Crippen molar-refractivity contribution < 1.29 is 4.79 Å². The van der Waals surface area contributed by atoms with E-state index in [2.05, 4.69) is 17.1 Å². The van der Waals surface area contributed by atoms with Gasteiger partial charge in [-0.1, -0.05) is 6.92 Å². The van der Waals surface area contributed by atoms with Crippen molar-refractivity contribution in [3.8, 4) is 0 Å². The van der Waals surface area contributed by atoms with Gasteiger partial charge in [-0.25, -0.2) is 4.79 Å². The van der Waals surface area contributed by atoms with Gasteiger partial charge in [-0.15, -0.1) is 0 Å². The van der Waals surface area contributed by atoms with E-state index in [1.807, 2.05) is 11.8 Å². The molecule has 1 aromatic rings. The third-order valence-corrected chi connectivity index (χ3v) is 6.82. The van der Waals surface area contributed by atoms with Crippen LogP contribution in [0, 0.1) is 11.8 Å². The average Bonchev–Trinajstić information content (AvgIpc) is 2.77. The number of carbonyl (C=O) groups is 1. The Kier molecular flexibility index (Phi) is 7.75. The number of anilines is 1. The molecule has 0 saturated carbocycles. The molecular formula is C22H37N5O3. The summed E-state index contributed by atoms with van der Waals surface area (Å²) in [5.41, 5.74) is -0.610. The van der Waals surface area contributed by atoms with Crippen LogP contribution in [-0.4, -0.2) is 59.2 Å². The predicted molar refractivity (Wildman–Crippen MR) is 119 cm³/mol. The van der Waals surface area contributed by atoms with Gasteiger partial charge in [0.25, 0.3) is 5.56 Å². The number of carbonyl (C=O) groups excluding carboxylic acids is 1. The maximum Gasteiger partial charge on any atom is 0.332 e. The fourth-order valence-electron chi connectivity index (χ4n) is 4.75. The average molecular weight is 420 g/mol. The lowest BCUT2D eigenvalue weighted by Crippen LogP contribution is -2.47. The molecule has 30 heavy (non-hydrogen) atoms. The first-order chi connectivity index (χ1) is 14.4. The summed E-state index contributed by atoms with van der Waals surface area (Å²) in [5, 5.41) is 3.14. The molecule has 0 spiro atoms. The molecule has 2 saturated heterocycles. The van der Waals surface area contributed by atoms with Gasteiger partial charge in [0.1, 0.15) is 5.82 Å². The third-order valence-electron chi connectivity index (χ3n) is 6.82. The zero-order valence-electron chi connectivity index (χ0n) is 18.7. The summed E-state index contributed by atoms with van der Waals surface area (Å²) in [6, 6.07) is 1.52. The summed E-state index contributed by atoms with van der Waals surface area (Å²) in [5.74, 6) is 1.33. The Labute approximate surface area is 178 Å². The van der Waals surface area contributed by atoms with Crippen molar-refractivity contribution in [1.82, 2.24) is 19.4 Å². The van der Waals surface area contributed by atoms with E-state index in [0.717, 1.165) is 43.5 Å². The van der Waals surface area contributed by atoms with Crippen molar-refractivity contribution in [3.05, 3.63) is 26.9 Å². The van der Waals surface area contributed by atoms with Gasteiger partial charge in [0.15, 0.2) is 0 Å². The number of hydrogen-bond acceptors (Lipinski definition) is 5. The number of hydrogen-bond donors (Lipinski definition) is 1. The SMILES string of the molecule is CCN1CCC(CCNC(=O)C2CCCN(c3cc(=O)n(C)c(=O)n3CC)C2)CC1. The minimum atomic E-state index is -0.305. The molecule has 0 radical (unpaired) electrons. The van der Waals surface area contributed by atoms with E-state index in [-0.39, 0.29) is 23.1 Å². The smallest absolute Gasteiger partial charge is 0.332 e. The van der Waals surface area contributed by atoms with Crippen LogP contribution in [0.4, 0.5) is 5.82 Å². The number of aromatic nitrogens is 2. The van der Waals surface area contributed by atoms with E-state index >= 15 is 0 Å². The summed E-state index contributed by atoms with van der Waals surface area (Å²) >= 11 is 0. The minimum Gasteiger partial charge on any atom is -0.357 e. The van der Waals surface area contributed by atoms with Crippen LogP contribution in [0.2, 0.25) is 0 Å². The van der Waals surface area contributed by atoms with Crippen LogP contribution in [0.15, 0.2) is 15.7 Å². The number of likely N-dealkylation sites (tertiary alicyclic amines) is 1. The van der Waals surface area contributed by atoms with Crippen molar-refractivity contribution in [2.45, 2.75) is 52.5 Å². The van der Waals surface area contributed by atoms with Crippen LogP contribution >= 0.6 is 0 Å². The van der Waals surface area contributed by atoms with Gasteiger partial charge in [0.2, 0.25) is 5.91 Å². The van der Waals surface area contributed by atoms with Crippen LogP contribution in [0.5, 0.6) is 0 Å². The lowest BCUT2D eigenvalue weighted by Gasteiger charge is -2.35. The molecule has 1 unspecified atom stereocenters. The monoisotopic (exact) mass is 419 g/mol. The highest BCUT2D eigenvalue weighted by atomic mass is 16.2. The third kappa shape index (κ3) is 5.14. The number of nitrogens with one attached hydrogen (secondary N) is 1. The quantitative estimate of drug-likeness (QED) is 0.714. The Morgan fingerprint density at radius 2 is 1.83 bits per heavy atom. The van der Waals surface area contributed by atoms with Crippen molar-refractivity contribution in [3.63, 3.8) is 0 Å². The van der Waals surface area contributed by atoms with Crippen molar-refractivity contribution in [1.29, 1.82) is 0 Å². The highest BCUT2D eigenvalue weighted by Crippen LogP contribution is 2.23. The topological polar surface area (TPSA) is 79.6 Å². The van der Waals surface area contributed by atoms with Crippen LogP contribution in [0.1, 0.15) is 46.0 Å². The van der Waals surface area contributed by atoms with E-state index in [1.54, 1.807) is 4.57 Å². The van der Waals surface area contributed by atoms with Crippen molar-refractivity contribution >= 4 is 11.7 Å². The van der Waals surface area contributed by atoms with Gasteiger partial charge in [-0.2, -0.15) is 0 Å². The molecule has 0 bridgehead atoms. The van der Waals surface area contributed by atoms with E-state index in [1.165, 1.54) is 39.0 Å². The predicted octanol–water partition coefficient (Wildman–Crippen LogP) is 1.02. The molecule has 2 fully saturated rings. The summed E-state index contributed by atoms with van der Waals surface area (Å²) in [7, 11) is 1.50. The molecule has 1 aromatic heterocycles. The maximum atomic E-state index is 12.8. The lowest BCUT2D eigenvalue weighted by molar-refractivity contribution is -0.125. The largest absolute Gasteiger partial charge is 0.357 e. The van der Waals surface area contributed by atoms with Crippen molar-refractivity contribution in [2.75, 3.05) is 44.2 Å². The van der Waals surface area contributed by atoms with E-state index in [4.69, 9.17) is 0 Å². The molecule has 0 aromatic carbocycles. The van der Waals surface area contributed by atoms with Gasteiger partial charge < -0.3 is 15.1 Å². The molecule has 0 aliphatic carbocycles. The Bertz CT molecular complexity index is 838. The van der Waals surface area contributed by atoms with Crippen LogP contribution in [-0.2, 0) is 18.4 Å². The van der Waals surface area contributed by atoms with Gasteiger partial charge in [0.05, 0.1) is 5.92 Å². The first-order valence-corrected chi connectivity index (χ1v) is 11.5. The fraction of sp³-hybridized carbons (Fsp3) is 0.773. The Balaban J connectivity index is 1.55. The van der Waals surface area contributed by atoms with Crippen LogP contribution < -0.4 is 21.5 Å². The summed E-state index contributed by atoms with van der Waals surface area (Å²) in [4.78, 5) is 41.9. The number of rotatable bonds is 7. The number of piperidine rings is 2. The lowest BCUT2D eigenvalue weighted by atomic mass is 9.93. The molecule has 8 heteroatoms. The molecule has 168 valence electrons. The van der Waals surface area contributed by atoms with Gasteiger partial charge in [-0.05, 0) is 64.6 Å². The summed E-state index contributed by atoms with van der Waals surface area (Å²) in [6.07, 6.45) is 5.21. The molecule has 3 rings (SSSR count). The molecular weight excluding hydrogens is 382 g/mol. The summed E-state index contributed by atoms with van der Waals surface area (Å²) in [6.45, 7) is 10.1. The van der Waals surface area contributed by atoms with Crippen molar-refractivity contribution in [2.24, 2.45) is 18.9 Å². The maximum absolute atomic E-state index is 12.8. The standard InChI is InChI=1S/C22H37N5O3/c1-4-25-13-9-17(10-14-25)8-11-23-21(29)18-7-6-12-26(16-18)19-15-20(28)24(3)22(30)27(19)5-2/h15,17-18H,4-14,16H2,1-3H3,(H,23,29). The van der Waals surface area contributed by atoms with E-state index < -0.39 is 0 Å². The molecule has 2 aliphatic heterocycles. The second-order valence-electron chi connectivity index (χ2n) is 8.67. The molecule has 8 nitrogen and oxygen atoms in total. The molecule has 2 aliphatic rings. The van der Waals surface area contributed by atoms with Gasteiger partial charge in [0, 0.05) is 39.3 Å². The molecule has 1 amide bonds. The fourth-order valence-corrected chi connectivity index (χ4v) is 4.75. The Morgan fingerprint density at radius 1 is 1.10 bits per heavy atom. The zero-order valence-corrected chi connectivity index (χ0v) is 18.7. The summed E-state index contributed by atoms with van der Waals surface area (Å²) < 4.78 is 2.75. The van der Waals surface area contributed by atoms with E-state index in [0.29, 0.717) is 24.8 Å². The normalized spacial score (nSPS) is 21.0. The molecule has 3 heterocycles. The number of amides is 1. The Morgan fingerprint density at radius 3 is 2.50 bits per heavy atom.